The van der Waals surface area contributed by atoms with Crippen LogP contribution in [0.4, 0.5) is 5.82 Å². The van der Waals surface area contributed by atoms with Gasteiger partial charge in [-0.1, -0.05) is 23.7 Å². The van der Waals surface area contributed by atoms with Crippen LogP contribution in [-0.2, 0) is 4.79 Å². The summed E-state index contributed by atoms with van der Waals surface area (Å²) in [5.41, 5.74) is 1.79. The molecule has 15 heavy (non-hydrogen) atoms. The normalized spacial score (nSPS) is 9.93. The third-order valence-corrected chi connectivity index (χ3v) is 2.19. The van der Waals surface area contributed by atoms with E-state index in [4.69, 9.17) is 11.6 Å². The van der Waals surface area contributed by atoms with Crippen molar-refractivity contribution < 1.29 is 4.79 Å². The van der Waals surface area contributed by atoms with Gasteiger partial charge >= 0.3 is 0 Å². The molecular formula is C10H8ClN3O. The Labute approximate surface area is 91.3 Å². The van der Waals surface area contributed by atoms with E-state index >= 15 is 0 Å². The van der Waals surface area contributed by atoms with Crippen molar-refractivity contribution in [2.24, 2.45) is 0 Å². The van der Waals surface area contributed by atoms with Crippen LogP contribution in [0, 0.1) is 0 Å². The second-order valence-corrected chi connectivity index (χ2v) is 3.37. The lowest BCUT2D eigenvalue weighted by molar-refractivity contribution is -0.105. The number of carbonyl (C=O) groups excluding carboxylic acids is 1. The van der Waals surface area contributed by atoms with Crippen molar-refractivity contribution in [3.63, 3.8) is 0 Å². The summed E-state index contributed by atoms with van der Waals surface area (Å²) in [5, 5.41) is 9.86. The number of aromatic nitrogens is 2. The predicted octanol–water partition coefficient (Wildman–Crippen LogP) is 2.30. The molecule has 0 unspecified atom stereocenters. The average Bonchev–Trinajstić information content (AvgIpc) is 2.68. The molecule has 5 heteroatoms. The first-order valence-corrected chi connectivity index (χ1v) is 4.69. The summed E-state index contributed by atoms with van der Waals surface area (Å²) in [5.74, 6) is 0.495. The summed E-state index contributed by atoms with van der Waals surface area (Å²) in [7, 11) is 0. The van der Waals surface area contributed by atoms with Gasteiger partial charge in [0, 0.05) is 11.1 Å². The van der Waals surface area contributed by atoms with Gasteiger partial charge in [-0.25, -0.2) is 0 Å². The van der Waals surface area contributed by atoms with Crippen molar-refractivity contribution in [1.29, 1.82) is 0 Å². The number of anilines is 1. The van der Waals surface area contributed by atoms with Crippen LogP contribution in [0.25, 0.3) is 11.3 Å². The van der Waals surface area contributed by atoms with Gasteiger partial charge in [0.25, 0.3) is 0 Å². The van der Waals surface area contributed by atoms with Crippen molar-refractivity contribution in [1.82, 2.24) is 10.2 Å². The number of halogens is 1. The van der Waals surface area contributed by atoms with Crippen LogP contribution in [0.2, 0.25) is 5.02 Å². The summed E-state index contributed by atoms with van der Waals surface area (Å²) < 4.78 is 0. The Bertz CT molecular complexity index is 464. The molecule has 0 atom stereocenters. The van der Waals surface area contributed by atoms with Crippen LogP contribution in [-0.4, -0.2) is 16.6 Å². The van der Waals surface area contributed by atoms with Gasteiger partial charge < -0.3 is 5.32 Å². The van der Waals surface area contributed by atoms with Crippen molar-refractivity contribution in [2.75, 3.05) is 5.32 Å². The summed E-state index contributed by atoms with van der Waals surface area (Å²) >= 11 is 5.77. The maximum atomic E-state index is 10.2. The molecule has 2 N–H and O–H groups in total. The molecule has 0 saturated carbocycles. The fourth-order valence-corrected chi connectivity index (χ4v) is 1.36. The molecule has 2 rings (SSSR count). The highest BCUT2D eigenvalue weighted by molar-refractivity contribution is 6.30. The van der Waals surface area contributed by atoms with E-state index in [0.29, 0.717) is 17.3 Å². The minimum atomic E-state index is 0.495. The van der Waals surface area contributed by atoms with E-state index in [1.54, 1.807) is 18.2 Å². The highest BCUT2D eigenvalue weighted by Crippen LogP contribution is 2.21. The molecule has 1 aromatic carbocycles. The van der Waals surface area contributed by atoms with E-state index in [0.717, 1.165) is 11.3 Å². The summed E-state index contributed by atoms with van der Waals surface area (Å²) in [6.45, 7) is 0. The number of nitrogens with zero attached hydrogens (tertiary/aromatic N) is 1. The molecule has 2 aromatic rings. The maximum absolute atomic E-state index is 10.2. The van der Waals surface area contributed by atoms with Gasteiger partial charge in [0.2, 0.25) is 6.41 Å². The molecule has 1 aromatic heterocycles. The van der Waals surface area contributed by atoms with E-state index in [1.807, 2.05) is 12.1 Å². The van der Waals surface area contributed by atoms with Crippen molar-refractivity contribution >= 4 is 23.8 Å². The van der Waals surface area contributed by atoms with Gasteiger partial charge in [-0.3, -0.25) is 9.89 Å². The molecule has 0 fully saturated rings. The first-order valence-electron chi connectivity index (χ1n) is 4.31. The molecule has 4 nitrogen and oxygen atoms in total. The average molecular weight is 222 g/mol. The molecule has 0 spiro atoms. The predicted molar refractivity (Wildman–Crippen MR) is 58.7 cm³/mol. The third kappa shape index (κ3) is 2.16. The number of benzene rings is 1. The molecule has 0 aliphatic carbocycles. The second-order valence-electron chi connectivity index (χ2n) is 2.94. The number of carbonyl (C=O) groups is 1. The molecule has 0 radical (unpaired) electrons. The van der Waals surface area contributed by atoms with Gasteiger partial charge in [0.05, 0.1) is 5.69 Å². The fraction of sp³-hybridized carbons (Fsp3) is 0. The highest BCUT2D eigenvalue weighted by Gasteiger charge is 2.02. The Morgan fingerprint density at radius 2 is 2.07 bits per heavy atom. The summed E-state index contributed by atoms with van der Waals surface area (Å²) in [4.78, 5) is 10.2. The number of aromatic amines is 1. The van der Waals surface area contributed by atoms with Crippen LogP contribution < -0.4 is 5.32 Å². The summed E-state index contributed by atoms with van der Waals surface area (Å²) in [6.07, 6.45) is 0.585. The maximum Gasteiger partial charge on any atom is 0.212 e. The molecular weight excluding hydrogens is 214 g/mol. The topological polar surface area (TPSA) is 57.8 Å². The Kier molecular flexibility index (Phi) is 2.69. The van der Waals surface area contributed by atoms with Gasteiger partial charge in [0.1, 0.15) is 0 Å². The number of hydrogen-bond acceptors (Lipinski definition) is 2. The van der Waals surface area contributed by atoms with Crippen LogP contribution in [0.15, 0.2) is 30.3 Å². The zero-order chi connectivity index (χ0) is 10.7. The number of H-pyrrole nitrogens is 1. The van der Waals surface area contributed by atoms with E-state index in [1.165, 1.54) is 0 Å². The lowest BCUT2D eigenvalue weighted by atomic mass is 10.1. The SMILES string of the molecule is O=CNc1cc(-c2ccc(Cl)cc2)[nH]n1. The largest absolute Gasteiger partial charge is 0.312 e. The second kappa shape index (κ2) is 4.14. The van der Waals surface area contributed by atoms with Gasteiger partial charge in [-0.15, -0.1) is 0 Å². The Hall–Kier alpha value is -1.81. The minimum absolute atomic E-state index is 0.495. The zero-order valence-corrected chi connectivity index (χ0v) is 8.45. The van der Waals surface area contributed by atoms with Gasteiger partial charge in [0.15, 0.2) is 5.82 Å². The Morgan fingerprint density at radius 3 is 2.73 bits per heavy atom. The number of amides is 1. The zero-order valence-electron chi connectivity index (χ0n) is 7.70. The van der Waals surface area contributed by atoms with E-state index in [-0.39, 0.29) is 0 Å². The first-order chi connectivity index (χ1) is 7.29. The smallest absolute Gasteiger partial charge is 0.212 e. The Morgan fingerprint density at radius 1 is 1.33 bits per heavy atom. The third-order valence-electron chi connectivity index (χ3n) is 1.94. The molecule has 1 amide bonds. The van der Waals surface area contributed by atoms with Crippen LogP contribution in [0.1, 0.15) is 0 Å². The quantitative estimate of drug-likeness (QED) is 0.782. The fourth-order valence-electron chi connectivity index (χ4n) is 1.23. The number of nitrogens with one attached hydrogen (secondary N) is 2. The van der Waals surface area contributed by atoms with Gasteiger partial charge in [-0.2, -0.15) is 5.10 Å². The standard InChI is InChI=1S/C10H8ClN3O/c11-8-3-1-7(2-4-8)9-5-10(12-6-15)14-13-9/h1-6H,(H2,12,13,14,15). The number of rotatable bonds is 3. The molecule has 0 saturated heterocycles. The highest BCUT2D eigenvalue weighted by atomic mass is 35.5. The van der Waals surface area contributed by atoms with Crippen LogP contribution in [0.3, 0.4) is 0 Å². The first kappa shape index (κ1) is 9.73. The molecule has 0 aliphatic heterocycles. The van der Waals surface area contributed by atoms with Crippen molar-refractivity contribution in [3.8, 4) is 11.3 Å². The van der Waals surface area contributed by atoms with E-state index in [2.05, 4.69) is 15.5 Å². The van der Waals surface area contributed by atoms with E-state index in [9.17, 15) is 4.79 Å². The lowest BCUT2D eigenvalue weighted by Crippen LogP contribution is -1.92. The molecule has 76 valence electrons. The monoisotopic (exact) mass is 221 g/mol. The van der Waals surface area contributed by atoms with Crippen LogP contribution in [0.5, 0.6) is 0 Å². The van der Waals surface area contributed by atoms with E-state index < -0.39 is 0 Å². The molecule has 1 heterocycles. The summed E-state index contributed by atoms with van der Waals surface area (Å²) in [6, 6.07) is 9.09. The van der Waals surface area contributed by atoms with Crippen molar-refractivity contribution in [2.45, 2.75) is 0 Å². The number of hydrogen-bond donors (Lipinski definition) is 2. The molecule has 0 bridgehead atoms. The Balaban J connectivity index is 2.28. The van der Waals surface area contributed by atoms with Gasteiger partial charge in [-0.05, 0) is 17.7 Å². The minimum Gasteiger partial charge on any atom is -0.312 e. The van der Waals surface area contributed by atoms with Crippen LogP contribution >= 0.6 is 11.6 Å². The molecule has 0 aliphatic rings. The van der Waals surface area contributed by atoms with Crippen molar-refractivity contribution in [3.05, 3.63) is 35.4 Å². The lowest BCUT2D eigenvalue weighted by Gasteiger charge is -1.95.